The molecule has 1 aliphatic rings. The van der Waals surface area contributed by atoms with E-state index < -0.39 is 12.1 Å². The number of carbonyl (C=O) groups is 2. The highest BCUT2D eigenvalue weighted by Crippen LogP contribution is 2.23. The van der Waals surface area contributed by atoms with E-state index in [1.54, 1.807) is 24.3 Å². The fraction of sp³-hybridized carbons (Fsp3) is 0.391. The molecule has 3 atom stereocenters. The van der Waals surface area contributed by atoms with Crippen molar-refractivity contribution in [3.63, 3.8) is 0 Å². The van der Waals surface area contributed by atoms with Crippen LogP contribution in [0.1, 0.15) is 38.2 Å². The molecular weight excluding hydrogens is 352 g/mol. The predicted molar refractivity (Wildman–Crippen MR) is 109 cm³/mol. The number of para-hydroxylation sites is 1. The normalized spacial score (nSPS) is 20.0. The summed E-state index contributed by atoms with van der Waals surface area (Å²) in [5.41, 5.74) is 0.986. The van der Waals surface area contributed by atoms with E-state index in [-0.39, 0.29) is 11.9 Å². The lowest BCUT2D eigenvalue weighted by Crippen LogP contribution is -2.53. The molecule has 0 heterocycles. The second kappa shape index (κ2) is 9.93. The minimum absolute atomic E-state index is 0.159. The van der Waals surface area contributed by atoms with E-state index in [9.17, 15) is 9.59 Å². The van der Waals surface area contributed by atoms with Crippen molar-refractivity contribution >= 4 is 12.0 Å². The molecule has 0 bridgehead atoms. The molecule has 2 aromatic carbocycles. The summed E-state index contributed by atoms with van der Waals surface area (Å²) in [4.78, 5) is 25.3. The summed E-state index contributed by atoms with van der Waals surface area (Å²) in [5.74, 6) is 0.735. The average Bonchev–Trinajstić information content (AvgIpc) is 2.71. The van der Waals surface area contributed by atoms with Gasteiger partial charge in [0, 0.05) is 12.5 Å². The zero-order valence-electron chi connectivity index (χ0n) is 16.3. The van der Waals surface area contributed by atoms with Crippen LogP contribution in [0.25, 0.3) is 0 Å². The molecule has 0 aliphatic heterocycles. The van der Waals surface area contributed by atoms with Crippen molar-refractivity contribution < 1.29 is 14.3 Å². The Bertz CT molecular complexity index is 764. The van der Waals surface area contributed by atoms with Gasteiger partial charge in [0.15, 0.2) is 0 Å². The highest BCUT2D eigenvalue weighted by molar-refractivity contribution is 5.86. The Kier molecular flexibility index (Phi) is 7.06. The molecule has 2 amide bonds. The molecule has 0 aromatic heterocycles. The molecule has 0 unspecified atom stereocenters. The summed E-state index contributed by atoms with van der Waals surface area (Å²) in [6, 6.07) is 18.0. The minimum Gasteiger partial charge on any atom is -0.410 e. The van der Waals surface area contributed by atoms with Crippen molar-refractivity contribution in [3.8, 4) is 5.75 Å². The van der Waals surface area contributed by atoms with Crippen LogP contribution < -0.4 is 15.4 Å². The van der Waals surface area contributed by atoms with E-state index >= 15 is 0 Å². The molecule has 5 nitrogen and oxygen atoms in total. The highest BCUT2D eigenvalue weighted by Gasteiger charge is 2.28. The number of carbonyl (C=O) groups excluding carboxylic acids is 2. The van der Waals surface area contributed by atoms with E-state index in [1.807, 2.05) is 36.4 Å². The lowest BCUT2D eigenvalue weighted by molar-refractivity contribution is -0.124. The van der Waals surface area contributed by atoms with Gasteiger partial charge in [-0.05, 0) is 36.5 Å². The summed E-state index contributed by atoms with van der Waals surface area (Å²) in [6.07, 6.45) is 4.23. The maximum absolute atomic E-state index is 13.0. The van der Waals surface area contributed by atoms with Crippen LogP contribution in [0.4, 0.5) is 4.79 Å². The molecule has 1 fully saturated rings. The topological polar surface area (TPSA) is 67.4 Å². The number of nitrogens with one attached hydrogen (secondary N) is 2. The Morgan fingerprint density at radius 1 is 1.00 bits per heavy atom. The van der Waals surface area contributed by atoms with Crippen LogP contribution >= 0.6 is 0 Å². The monoisotopic (exact) mass is 380 g/mol. The van der Waals surface area contributed by atoms with Crippen molar-refractivity contribution in [1.82, 2.24) is 10.6 Å². The summed E-state index contributed by atoms with van der Waals surface area (Å²) >= 11 is 0. The van der Waals surface area contributed by atoms with Gasteiger partial charge in [-0.3, -0.25) is 4.79 Å². The lowest BCUT2D eigenvalue weighted by Gasteiger charge is -2.31. The molecule has 0 spiro atoms. The Hall–Kier alpha value is -2.82. The third-order valence-corrected chi connectivity index (χ3v) is 5.28. The van der Waals surface area contributed by atoms with Gasteiger partial charge in [-0.1, -0.05) is 68.3 Å². The average molecular weight is 380 g/mol. The molecular formula is C23H28N2O3. The van der Waals surface area contributed by atoms with E-state index in [2.05, 4.69) is 17.6 Å². The molecule has 1 aliphatic carbocycles. The van der Waals surface area contributed by atoms with Gasteiger partial charge in [-0.25, -0.2) is 4.79 Å². The molecule has 0 saturated heterocycles. The number of benzene rings is 2. The zero-order chi connectivity index (χ0) is 19.8. The highest BCUT2D eigenvalue weighted by atomic mass is 16.6. The second-order valence-electron chi connectivity index (χ2n) is 7.47. The van der Waals surface area contributed by atoms with Crippen molar-refractivity contribution in [2.75, 3.05) is 0 Å². The van der Waals surface area contributed by atoms with Crippen LogP contribution in [0.5, 0.6) is 5.75 Å². The predicted octanol–water partition coefficient (Wildman–Crippen LogP) is 4.08. The molecule has 2 aromatic rings. The molecule has 0 radical (unpaired) electrons. The first-order chi connectivity index (χ1) is 13.6. The first-order valence-corrected chi connectivity index (χ1v) is 9.99. The lowest BCUT2D eigenvalue weighted by atomic mass is 9.85. The Morgan fingerprint density at radius 2 is 1.64 bits per heavy atom. The van der Waals surface area contributed by atoms with Gasteiger partial charge in [-0.15, -0.1) is 0 Å². The number of hydrogen-bond acceptors (Lipinski definition) is 3. The maximum atomic E-state index is 13.0. The minimum atomic E-state index is -0.687. The molecule has 1 saturated carbocycles. The van der Waals surface area contributed by atoms with E-state index in [0.29, 0.717) is 18.1 Å². The van der Waals surface area contributed by atoms with Gasteiger partial charge in [0.25, 0.3) is 0 Å². The van der Waals surface area contributed by atoms with E-state index in [4.69, 9.17) is 4.74 Å². The number of ether oxygens (including phenoxy) is 1. The van der Waals surface area contributed by atoms with Gasteiger partial charge >= 0.3 is 6.09 Å². The van der Waals surface area contributed by atoms with Gasteiger partial charge in [0.1, 0.15) is 11.8 Å². The summed E-state index contributed by atoms with van der Waals surface area (Å²) < 4.78 is 5.31. The first-order valence-electron chi connectivity index (χ1n) is 9.99. The van der Waals surface area contributed by atoms with Crippen molar-refractivity contribution in [3.05, 3.63) is 66.2 Å². The van der Waals surface area contributed by atoms with Crippen LogP contribution in [0.2, 0.25) is 0 Å². The summed E-state index contributed by atoms with van der Waals surface area (Å²) in [6.45, 7) is 2.17. The molecule has 148 valence electrons. The Morgan fingerprint density at radius 3 is 2.32 bits per heavy atom. The molecule has 2 N–H and O–H groups in total. The Labute approximate surface area is 166 Å². The van der Waals surface area contributed by atoms with Crippen LogP contribution in [0.3, 0.4) is 0 Å². The van der Waals surface area contributed by atoms with Crippen molar-refractivity contribution in [2.24, 2.45) is 5.92 Å². The quantitative estimate of drug-likeness (QED) is 0.793. The van der Waals surface area contributed by atoms with Gasteiger partial charge in [-0.2, -0.15) is 0 Å². The van der Waals surface area contributed by atoms with E-state index in [1.165, 1.54) is 6.42 Å². The third kappa shape index (κ3) is 5.84. The van der Waals surface area contributed by atoms with Crippen LogP contribution in [-0.4, -0.2) is 24.1 Å². The van der Waals surface area contributed by atoms with E-state index in [0.717, 1.165) is 24.8 Å². The van der Waals surface area contributed by atoms with Crippen molar-refractivity contribution in [2.45, 2.75) is 51.1 Å². The third-order valence-electron chi connectivity index (χ3n) is 5.28. The fourth-order valence-corrected chi connectivity index (χ4v) is 3.64. The van der Waals surface area contributed by atoms with Crippen LogP contribution in [0, 0.1) is 5.92 Å². The summed E-state index contributed by atoms with van der Waals surface area (Å²) in [5, 5.41) is 5.89. The summed E-state index contributed by atoms with van der Waals surface area (Å²) in [7, 11) is 0. The van der Waals surface area contributed by atoms with Crippen molar-refractivity contribution in [1.29, 1.82) is 0 Å². The Balaban J connectivity index is 1.67. The number of rotatable bonds is 6. The second-order valence-corrected chi connectivity index (χ2v) is 7.47. The molecule has 5 heteroatoms. The largest absolute Gasteiger partial charge is 0.413 e. The number of hydrogen-bond donors (Lipinski definition) is 2. The maximum Gasteiger partial charge on any atom is 0.413 e. The SMILES string of the molecule is C[C@H]1CCCC[C@H]1NC(=O)[C@H](Cc1ccccc1)NC(=O)Oc1ccccc1. The number of amides is 2. The molecule has 3 rings (SSSR count). The van der Waals surface area contributed by atoms with Crippen LogP contribution in [0.15, 0.2) is 60.7 Å². The fourth-order valence-electron chi connectivity index (χ4n) is 3.64. The first kappa shape index (κ1) is 19.9. The van der Waals surface area contributed by atoms with Crippen LogP contribution in [-0.2, 0) is 11.2 Å². The smallest absolute Gasteiger partial charge is 0.410 e. The van der Waals surface area contributed by atoms with Gasteiger partial charge < -0.3 is 15.4 Å². The van der Waals surface area contributed by atoms with Gasteiger partial charge in [0.2, 0.25) is 5.91 Å². The standard InChI is InChI=1S/C23H28N2O3/c1-17-10-8-9-15-20(17)24-22(26)21(16-18-11-4-2-5-12-18)25-23(27)28-19-13-6-3-7-14-19/h2-7,11-14,17,20-21H,8-10,15-16H2,1H3,(H,24,26)(H,25,27)/t17-,20+,21-/m0/s1. The molecule has 28 heavy (non-hydrogen) atoms. The van der Waals surface area contributed by atoms with Gasteiger partial charge in [0.05, 0.1) is 0 Å². The zero-order valence-corrected chi connectivity index (χ0v) is 16.3.